The summed E-state index contributed by atoms with van der Waals surface area (Å²) in [6, 6.07) is 4.90. The monoisotopic (exact) mass is 357 g/mol. The molecule has 0 amide bonds. The number of alkyl halides is 1. The highest BCUT2D eigenvalue weighted by Crippen LogP contribution is 2.35. The van der Waals surface area contributed by atoms with Crippen LogP contribution < -0.4 is 4.74 Å². The summed E-state index contributed by atoms with van der Waals surface area (Å²) >= 11 is 9.80. The van der Waals surface area contributed by atoms with Gasteiger partial charge in [-0.3, -0.25) is 4.90 Å². The van der Waals surface area contributed by atoms with Crippen molar-refractivity contribution in [3.63, 3.8) is 0 Å². The van der Waals surface area contributed by atoms with Crippen molar-refractivity contribution in [2.45, 2.75) is 44.7 Å². The number of ether oxygens (including phenoxy) is 1. The van der Waals surface area contributed by atoms with E-state index in [0.29, 0.717) is 0 Å². The van der Waals surface area contributed by atoms with Crippen LogP contribution in [-0.2, 0) is 13.0 Å². The normalized spacial score (nSPS) is 17.9. The number of hydrogen-bond donors (Lipinski definition) is 0. The standard InChI is InChI=1S/C16H21BrClNO/c17-6-2-7-19(15-3-1-4-15)11-13-10-14(18)9-12-5-8-20-16(12)13/h9-10,15H,1-8,11H2. The molecular formula is C16H21BrClNO. The van der Waals surface area contributed by atoms with Gasteiger partial charge in [-0.1, -0.05) is 34.0 Å². The third kappa shape index (κ3) is 3.15. The molecule has 1 heterocycles. The van der Waals surface area contributed by atoms with Crippen LogP contribution in [0.3, 0.4) is 0 Å². The quantitative estimate of drug-likeness (QED) is 0.698. The first-order valence-electron chi connectivity index (χ1n) is 7.52. The van der Waals surface area contributed by atoms with Crippen LogP contribution in [0.25, 0.3) is 0 Å². The zero-order valence-corrected chi connectivity index (χ0v) is 14.0. The van der Waals surface area contributed by atoms with E-state index in [1.807, 2.05) is 0 Å². The summed E-state index contributed by atoms with van der Waals surface area (Å²) < 4.78 is 5.83. The van der Waals surface area contributed by atoms with Crippen molar-refractivity contribution >= 4 is 27.5 Å². The van der Waals surface area contributed by atoms with Crippen LogP contribution in [0.4, 0.5) is 0 Å². The van der Waals surface area contributed by atoms with Crippen molar-refractivity contribution in [3.05, 3.63) is 28.3 Å². The Kier molecular flexibility index (Phi) is 4.90. The first kappa shape index (κ1) is 14.7. The van der Waals surface area contributed by atoms with Gasteiger partial charge in [0.1, 0.15) is 5.75 Å². The van der Waals surface area contributed by atoms with Crippen LogP contribution in [0.1, 0.15) is 36.8 Å². The van der Waals surface area contributed by atoms with Crippen LogP contribution in [-0.4, -0.2) is 29.4 Å². The van der Waals surface area contributed by atoms with Gasteiger partial charge in [0.05, 0.1) is 6.61 Å². The second-order valence-electron chi connectivity index (χ2n) is 5.75. The summed E-state index contributed by atoms with van der Waals surface area (Å²) in [5, 5.41) is 1.92. The predicted octanol–water partition coefficient (Wildman–Crippen LogP) is 4.41. The third-order valence-corrected chi connectivity index (χ3v) is 5.15. The second-order valence-corrected chi connectivity index (χ2v) is 6.98. The van der Waals surface area contributed by atoms with E-state index >= 15 is 0 Å². The van der Waals surface area contributed by atoms with Crippen LogP contribution in [0, 0.1) is 0 Å². The number of halogens is 2. The number of fused-ring (bicyclic) bond motifs is 1. The van der Waals surface area contributed by atoms with Crippen LogP contribution in [0.15, 0.2) is 12.1 Å². The second kappa shape index (κ2) is 6.67. The van der Waals surface area contributed by atoms with Gasteiger partial charge in [0.2, 0.25) is 0 Å². The molecule has 1 saturated carbocycles. The molecule has 0 bridgehead atoms. The van der Waals surface area contributed by atoms with Gasteiger partial charge < -0.3 is 4.74 Å². The van der Waals surface area contributed by atoms with E-state index in [9.17, 15) is 0 Å². The highest BCUT2D eigenvalue weighted by atomic mass is 79.9. The van der Waals surface area contributed by atoms with E-state index in [2.05, 4.69) is 33.0 Å². The highest BCUT2D eigenvalue weighted by Gasteiger charge is 2.26. The predicted molar refractivity (Wildman–Crippen MR) is 87.1 cm³/mol. The molecule has 0 aromatic heterocycles. The molecule has 0 N–H and O–H groups in total. The fourth-order valence-corrected chi connectivity index (χ4v) is 3.60. The molecule has 2 aliphatic rings. The zero-order valence-electron chi connectivity index (χ0n) is 11.7. The maximum Gasteiger partial charge on any atom is 0.127 e. The fourth-order valence-electron chi connectivity index (χ4n) is 3.09. The largest absolute Gasteiger partial charge is 0.493 e. The third-order valence-electron chi connectivity index (χ3n) is 4.37. The summed E-state index contributed by atoms with van der Waals surface area (Å²) in [5.74, 6) is 1.09. The number of rotatable bonds is 6. The molecule has 110 valence electrons. The van der Waals surface area contributed by atoms with E-state index in [1.54, 1.807) is 0 Å². The van der Waals surface area contributed by atoms with Crippen molar-refractivity contribution in [2.75, 3.05) is 18.5 Å². The lowest BCUT2D eigenvalue weighted by Crippen LogP contribution is -2.40. The molecule has 0 unspecified atom stereocenters. The molecule has 1 fully saturated rings. The molecule has 2 nitrogen and oxygen atoms in total. The van der Waals surface area contributed by atoms with Crippen molar-refractivity contribution < 1.29 is 4.74 Å². The molecule has 0 radical (unpaired) electrons. The Morgan fingerprint density at radius 2 is 2.20 bits per heavy atom. The van der Waals surface area contributed by atoms with Crippen LogP contribution in [0.5, 0.6) is 5.75 Å². The molecule has 1 aromatic carbocycles. The van der Waals surface area contributed by atoms with Gasteiger partial charge in [0.15, 0.2) is 0 Å². The number of benzene rings is 1. The van der Waals surface area contributed by atoms with Gasteiger partial charge in [0, 0.05) is 34.9 Å². The molecule has 0 spiro atoms. The summed E-state index contributed by atoms with van der Waals surface area (Å²) in [4.78, 5) is 2.61. The lowest BCUT2D eigenvalue weighted by Gasteiger charge is -2.38. The number of nitrogens with zero attached hydrogens (tertiary/aromatic N) is 1. The first-order valence-corrected chi connectivity index (χ1v) is 9.02. The van der Waals surface area contributed by atoms with Crippen LogP contribution in [0.2, 0.25) is 5.02 Å². The topological polar surface area (TPSA) is 12.5 Å². The van der Waals surface area contributed by atoms with E-state index in [1.165, 1.54) is 36.8 Å². The molecule has 20 heavy (non-hydrogen) atoms. The molecule has 0 atom stereocenters. The van der Waals surface area contributed by atoms with E-state index in [0.717, 1.165) is 48.3 Å². The summed E-state index contributed by atoms with van der Waals surface area (Å²) in [5.41, 5.74) is 2.55. The van der Waals surface area contributed by atoms with E-state index < -0.39 is 0 Å². The smallest absolute Gasteiger partial charge is 0.127 e. The molecule has 1 aliphatic heterocycles. The SMILES string of the molecule is Clc1cc2c(c(CN(CCCBr)C3CCC3)c1)OCC2. The van der Waals surface area contributed by atoms with Gasteiger partial charge >= 0.3 is 0 Å². The van der Waals surface area contributed by atoms with Gasteiger partial charge in [0.25, 0.3) is 0 Å². The van der Waals surface area contributed by atoms with E-state index in [4.69, 9.17) is 16.3 Å². The van der Waals surface area contributed by atoms with Crippen LogP contribution >= 0.6 is 27.5 Å². The Balaban J connectivity index is 1.77. The maximum absolute atomic E-state index is 6.26. The summed E-state index contributed by atoms with van der Waals surface area (Å²) in [7, 11) is 0. The van der Waals surface area contributed by atoms with Gasteiger partial charge in [-0.25, -0.2) is 0 Å². The average molecular weight is 359 g/mol. The van der Waals surface area contributed by atoms with Crippen molar-refractivity contribution in [2.24, 2.45) is 0 Å². The average Bonchev–Trinajstić information content (AvgIpc) is 2.81. The van der Waals surface area contributed by atoms with Gasteiger partial charge in [-0.2, -0.15) is 0 Å². The minimum Gasteiger partial charge on any atom is -0.493 e. The van der Waals surface area contributed by atoms with Gasteiger partial charge in [-0.05, 0) is 43.5 Å². The first-order chi connectivity index (χ1) is 9.78. The molecule has 3 rings (SSSR count). The summed E-state index contributed by atoms with van der Waals surface area (Å²) in [6.45, 7) is 2.92. The molecular weight excluding hydrogens is 338 g/mol. The molecule has 4 heteroatoms. The lowest BCUT2D eigenvalue weighted by atomic mass is 9.91. The van der Waals surface area contributed by atoms with Crippen molar-refractivity contribution in [3.8, 4) is 5.75 Å². The highest BCUT2D eigenvalue weighted by molar-refractivity contribution is 9.09. The Morgan fingerprint density at radius 1 is 1.35 bits per heavy atom. The molecule has 1 aromatic rings. The van der Waals surface area contributed by atoms with E-state index in [-0.39, 0.29) is 0 Å². The lowest BCUT2D eigenvalue weighted by molar-refractivity contribution is 0.119. The van der Waals surface area contributed by atoms with Gasteiger partial charge in [-0.15, -0.1) is 0 Å². The Hall–Kier alpha value is -0.250. The minimum absolute atomic E-state index is 0.755. The molecule has 0 saturated heterocycles. The molecule has 1 aliphatic carbocycles. The Labute approximate surface area is 134 Å². The number of hydrogen-bond acceptors (Lipinski definition) is 2. The van der Waals surface area contributed by atoms with Crippen molar-refractivity contribution in [1.29, 1.82) is 0 Å². The maximum atomic E-state index is 6.26. The minimum atomic E-state index is 0.755. The summed E-state index contributed by atoms with van der Waals surface area (Å²) in [6.07, 6.45) is 6.24. The Morgan fingerprint density at radius 3 is 2.90 bits per heavy atom. The fraction of sp³-hybridized carbons (Fsp3) is 0.625. The Bertz CT molecular complexity index is 476. The van der Waals surface area contributed by atoms with Crippen molar-refractivity contribution in [1.82, 2.24) is 4.90 Å². The zero-order chi connectivity index (χ0) is 13.9.